The molecule has 1 atom stereocenters. The van der Waals surface area contributed by atoms with Crippen LogP contribution in [0.2, 0.25) is 0 Å². The van der Waals surface area contributed by atoms with Gasteiger partial charge in [-0.15, -0.1) is 4.36 Å². The zero-order valence-corrected chi connectivity index (χ0v) is 19.0. The third-order valence-corrected chi connectivity index (χ3v) is 6.51. The Kier molecular flexibility index (Phi) is 5.77. The van der Waals surface area contributed by atoms with Crippen LogP contribution in [0.15, 0.2) is 107 Å². The van der Waals surface area contributed by atoms with Crippen molar-refractivity contribution in [3.05, 3.63) is 113 Å². The van der Waals surface area contributed by atoms with Crippen LogP contribution >= 0.6 is 0 Å². The van der Waals surface area contributed by atoms with Gasteiger partial charge in [0.2, 0.25) is 5.82 Å². The van der Waals surface area contributed by atoms with Gasteiger partial charge in [0.05, 0.1) is 20.9 Å². The quantitative estimate of drug-likeness (QED) is 0.216. The van der Waals surface area contributed by atoms with Crippen LogP contribution in [0.4, 0.5) is 11.5 Å². The molecule has 0 radical (unpaired) electrons. The number of nitro benzene ring substituents is 1. The first-order valence-electron chi connectivity index (χ1n) is 10.5. The predicted molar refractivity (Wildman–Crippen MR) is 129 cm³/mol. The van der Waals surface area contributed by atoms with Gasteiger partial charge in [0.25, 0.3) is 17.8 Å². The molecule has 0 saturated heterocycles. The highest BCUT2D eigenvalue weighted by Gasteiger charge is 2.21. The molecule has 2 heterocycles. The number of benzene rings is 3. The molecule has 1 unspecified atom stereocenters. The smallest absolute Gasteiger partial charge is 0.272 e. The average molecular weight is 488 g/mol. The normalized spacial score (nSPS) is 12.8. The number of nitro groups is 1. The first-order valence-corrected chi connectivity index (χ1v) is 12.0. The minimum absolute atomic E-state index is 0.0647. The van der Waals surface area contributed by atoms with Crippen molar-refractivity contribution >= 4 is 32.5 Å². The van der Waals surface area contributed by atoms with Gasteiger partial charge in [0.1, 0.15) is 18.9 Å². The minimum atomic E-state index is -4.06. The molecule has 3 aromatic carbocycles. The van der Waals surface area contributed by atoms with Gasteiger partial charge in [-0.05, 0) is 23.8 Å². The molecular formula is C24H19N6O4S+. The highest BCUT2D eigenvalue weighted by atomic mass is 32.2. The Morgan fingerprint density at radius 1 is 1.00 bits per heavy atom. The fourth-order valence-electron chi connectivity index (χ4n) is 3.56. The monoisotopic (exact) mass is 487 g/mol. The lowest BCUT2D eigenvalue weighted by Gasteiger charge is -2.06. The van der Waals surface area contributed by atoms with Crippen molar-refractivity contribution < 1.29 is 18.3 Å². The summed E-state index contributed by atoms with van der Waals surface area (Å²) in [7, 11) is -4.06. The lowest BCUT2D eigenvalue weighted by atomic mass is 10.2. The lowest BCUT2D eigenvalue weighted by molar-refractivity contribution is -0.687. The van der Waals surface area contributed by atoms with Crippen LogP contribution in [0.1, 0.15) is 5.56 Å². The van der Waals surface area contributed by atoms with Crippen molar-refractivity contribution in [1.82, 2.24) is 14.5 Å². The van der Waals surface area contributed by atoms with Crippen molar-refractivity contribution in [1.29, 1.82) is 0 Å². The Morgan fingerprint density at radius 3 is 2.46 bits per heavy atom. The third kappa shape index (κ3) is 4.76. The fourth-order valence-corrected chi connectivity index (χ4v) is 4.55. The standard InChI is InChI=1S/C24H18N6O4S/c31-30(32)19-9-6-10-20(15-19)35(33,34)27-23-24(26-22-12-5-4-11-21(22)25-23)29-14-13-28(17-29)16-18-7-2-1-3-8-18/h1-15,17H,16H2/p+1. The lowest BCUT2D eigenvalue weighted by Crippen LogP contribution is -2.31. The maximum atomic E-state index is 13.2. The van der Waals surface area contributed by atoms with Crippen molar-refractivity contribution in [3.8, 4) is 5.82 Å². The average Bonchev–Trinajstić information content (AvgIpc) is 3.32. The molecule has 5 aromatic rings. The predicted octanol–water partition coefficient (Wildman–Crippen LogP) is 4.30. The van der Waals surface area contributed by atoms with Crippen LogP contribution in [-0.2, 0) is 16.6 Å². The van der Waals surface area contributed by atoms with Gasteiger partial charge in [0, 0.05) is 12.1 Å². The number of hydrogen-bond acceptors (Lipinski definition) is 6. The van der Waals surface area contributed by atoms with Crippen LogP contribution in [0.25, 0.3) is 16.9 Å². The zero-order valence-electron chi connectivity index (χ0n) is 18.2. The van der Waals surface area contributed by atoms with Crippen LogP contribution < -0.4 is 4.57 Å². The van der Waals surface area contributed by atoms with E-state index in [1.165, 1.54) is 18.2 Å². The number of nitrogens with zero attached hydrogens (tertiary/aromatic N) is 6. The summed E-state index contributed by atoms with van der Waals surface area (Å²) in [4.78, 5) is 19.4. The molecule has 174 valence electrons. The number of para-hydroxylation sites is 2. The topological polar surface area (TPSA) is 127 Å². The van der Waals surface area contributed by atoms with Crippen LogP contribution in [0, 0.1) is 10.1 Å². The summed E-state index contributed by atoms with van der Waals surface area (Å²) in [5, 5.41) is 11.1. The second kappa shape index (κ2) is 9.05. The second-order valence-electron chi connectivity index (χ2n) is 7.68. The maximum absolute atomic E-state index is 13.2. The molecular weight excluding hydrogens is 468 g/mol. The molecule has 0 saturated carbocycles. The van der Waals surface area contributed by atoms with E-state index in [0.29, 0.717) is 17.6 Å². The highest BCUT2D eigenvalue weighted by molar-refractivity contribution is 7.88. The molecule has 5 rings (SSSR count). The summed E-state index contributed by atoms with van der Waals surface area (Å²) in [6.45, 7) is 0.617. The SMILES string of the molecule is O=[N+]([O-])c1cccc(S(=O)(O)=Nc2nc3ccccc3nc2-n2cc[n+](Cc3ccccc3)c2)c1. The van der Waals surface area contributed by atoms with Crippen molar-refractivity contribution in [2.75, 3.05) is 0 Å². The largest absolute Gasteiger partial charge is 0.296 e. The molecule has 0 amide bonds. The summed E-state index contributed by atoms with van der Waals surface area (Å²) in [5.41, 5.74) is 1.88. The highest BCUT2D eigenvalue weighted by Crippen LogP contribution is 2.27. The second-order valence-corrected chi connectivity index (χ2v) is 9.33. The van der Waals surface area contributed by atoms with Gasteiger partial charge in [0.15, 0.2) is 10.0 Å². The first kappa shape index (κ1) is 22.3. The zero-order chi connectivity index (χ0) is 24.4. The van der Waals surface area contributed by atoms with E-state index in [0.717, 1.165) is 11.6 Å². The summed E-state index contributed by atoms with van der Waals surface area (Å²) in [6, 6.07) is 21.9. The molecule has 35 heavy (non-hydrogen) atoms. The fraction of sp³-hybridized carbons (Fsp3) is 0.0417. The van der Waals surface area contributed by atoms with Crippen LogP contribution in [0.3, 0.4) is 0 Å². The van der Waals surface area contributed by atoms with E-state index in [1.54, 1.807) is 35.3 Å². The van der Waals surface area contributed by atoms with Crippen molar-refractivity contribution in [2.24, 2.45) is 4.36 Å². The molecule has 0 aliphatic heterocycles. The van der Waals surface area contributed by atoms with E-state index in [1.807, 2.05) is 47.2 Å². The Bertz CT molecular complexity index is 1680. The minimum Gasteiger partial charge on any atom is -0.296 e. The van der Waals surface area contributed by atoms with Gasteiger partial charge in [-0.1, -0.05) is 48.5 Å². The number of hydrogen-bond donors (Lipinski definition) is 1. The van der Waals surface area contributed by atoms with Gasteiger partial charge in [-0.3, -0.25) is 14.7 Å². The number of fused-ring (bicyclic) bond motifs is 1. The van der Waals surface area contributed by atoms with Crippen molar-refractivity contribution in [3.63, 3.8) is 0 Å². The number of imidazole rings is 1. The van der Waals surface area contributed by atoms with E-state index in [-0.39, 0.29) is 22.2 Å². The summed E-state index contributed by atoms with van der Waals surface area (Å²) >= 11 is 0. The molecule has 2 aromatic heterocycles. The van der Waals surface area contributed by atoms with Gasteiger partial charge in [-0.2, -0.15) is 4.57 Å². The van der Waals surface area contributed by atoms with Gasteiger partial charge in [-0.25, -0.2) is 18.7 Å². The third-order valence-electron chi connectivity index (χ3n) is 5.22. The molecule has 0 fully saturated rings. The number of rotatable bonds is 6. The maximum Gasteiger partial charge on any atom is 0.272 e. The molecule has 0 bridgehead atoms. The summed E-state index contributed by atoms with van der Waals surface area (Å²) in [5.74, 6) is 0.188. The van der Waals surface area contributed by atoms with E-state index in [4.69, 9.17) is 0 Å². The van der Waals surface area contributed by atoms with E-state index < -0.39 is 14.9 Å². The van der Waals surface area contributed by atoms with Gasteiger partial charge >= 0.3 is 0 Å². The number of non-ortho nitro benzene ring substituents is 1. The molecule has 10 nitrogen and oxygen atoms in total. The Labute approximate surface area is 200 Å². The summed E-state index contributed by atoms with van der Waals surface area (Å²) < 4.78 is 31.6. The van der Waals surface area contributed by atoms with Crippen LogP contribution in [0.5, 0.6) is 0 Å². The molecule has 0 aliphatic carbocycles. The summed E-state index contributed by atoms with van der Waals surface area (Å²) in [6.07, 6.45) is 5.40. The molecule has 1 N–H and O–H groups in total. The molecule has 11 heteroatoms. The Morgan fingerprint density at radius 2 is 1.71 bits per heavy atom. The van der Waals surface area contributed by atoms with Crippen molar-refractivity contribution in [2.45, 2.75) is 11.4 Å². The first-order chi connectivity index (χ1) is 16.9. The van der Waals surface area contributed by atoms with Gasteiger partial charge < -0.3 is 0 Å². The van der Waals surface area contributed by atoms with E-state index in [2.05, 4.69) is 14.3 Å². The van der Waals surface area contributed by atoms with Crippen LogP contribution in [-0.4, -0.2) is 28.2 Å². The number of aromatic nitrogens is 4. The molecule has 0 spiro atoms. The Hall–Kier alpha value is -4.48. The molecule has 0 aliphatic rings. The van der Waals surface area contributed by atoms with E-state index >= 15 is 0 Å². The van der Waals surface area contributed by atoms with E-state index in [9.17, 15) is 18.9 Å². The Balaban J connectivity index is 1.63.